The first-order valence-corrected chi connectivity index (χ1v) is 16.0. The second kappa shape index (κ2) is 14.7. The van der Waals surface area contributed by atoms with E-state index in [9.17, 15) is 18.0 Å². The summed E-state index contributed by atoms with van der Waals surface area (Å²) in [6.45, 7) is 5.51. The summed E-state index contributed by atoms with van der Waals surface area (Å²) in [7, 11) is -2.69. The van der Waals surface area contributed by atoms with Crippen LogP contribution in [0.1, 0.15) is 29.2 Å². The quantitative estimate of drug-likeness (QED) is 0.221. The van der Waals surface area contributed by atoms with Crippen LogP contribution >= 0.6 is 0 Å². The average Bonchev–Trinajstić information content (AvgIpc) is 3.03. The Kier molecular flexibility index (Phi) is 10.8. The minimum Gasteiger partial charge on any atom is -0.492 e. The number of sulfonamides is 1. The van der Waals surface area contributed by atoms with E-state index in [0.29, 0.717) is 12.4 Å². The summed E-state index contributed by atoms with van der Waals surface area (Å²) < 4.78 is 35.3. The van der Waals surface area contributed by atoms with Gasteiger partial charge in [0, 0.05) is 20.0 Å². The summed E-state index contributed by atoms with van der Waals surface area (Å²) in [4.78, 5) is 29.4. The molecule has 2 amide bonds. The molecule has 0 aliphatic carbocycles. The van der Waals surface area contributed by atoms with Gasteiger partial charge in [0.2, 0.25) is 11.8 Å². The molecule has 1 atom stereocenters. The molecule has 4 aromatic carbocycles. The summed E-state index contributed by atoms with van der Waals surface area (Å²) in [6, 6.07) is 29.5. The lowest BCUT2D eigenvalue weighted by Gasteiger charge is -2.34. The molecule has 4 aromatic rings. The SMILES string of the molecule is CCOc1ccccc1N(CC(=O)N(Cc1ccc(C)cc1)C(Cc1ccccc1)C(=O)NC)S(=O)(=O)c1ccc(C)cc1. The van der Waals surface area contributed by atoms with Crippen molar-refractivity contribution in [3.63, 3.8) is 0 Å². The van der Waals surface area contributed by atoms with E-state index >= 15 is 0 Å². The zero-order valence-corrected chi connectivity index (χ0v) is 26.4. The Morgan fingerprint density at radius 2 is 1.39 bits per heavy atom. The monoisotopic (exact) mass is 613 g/mol. The molecule has 8 nitrogen and oxygen atoms in total. The largest absolute Gasteiger partial charge is 0.492 e. The number of amides is 2. The molecule has 9 heteroatoms. The van der Waals surface area contributed by atoms with Crippen molar-refractivity contribution in [2.45, 2.75) is 44.7 Å². The Balaban J connectivity index is 1.82. The van der Waals surface area contributed by atoms with E-state index in [1.54, 1.807) is 36.4 Å². The number of aryl methyl sites for hydroxylation is 2. The summed E-state index contributed by atoms with van der Waals surface area (Å²) in [6.07, 6.45) is 0.248. The van der Waals surface area contributed by atoms with Gasteiger partial charge in [-0.1, -0.05) is 90.0 Å². The first-order chi connectivity index (χ1) is 21.1. The highest BCUT2D eigenvalue weighted by Gasteiger charge is 2.35. The minimum atomic E-state index is -4.22. The molecule has 0 aliphatic heterocycles. The van der Waals surface area contributed by atoms with Crippen LogP contribution in [-0.4, -0.2) is 51.4 Å². The van der Waals surface area contributed by atoms with Crippen LogP contribution in [0.5, 0.6) is 5.75 Å². The highest BCUT2D eigenvalue weighted by Crippen LogP contribution is 2.33. The van der Waals surface area contributed by atoms with Crippen molar-refractivity contribution in [3.05, 3.63) is 125 Å². The zero-order valence-electron chi connectivity index (χ0n) is 25.6. The van der Waals surface area contributed by atoms with E-state index in [2.05, 4.69) is 5.32 Å². The molecule has 44 heavy (non-hydrogen) atoms. The van der Waals surface area contributed by atoms with Gasteiger partial charge in [-0.25, -0.2) is 8.42 Å². The number of ether oxygens (including phenoxy) is 1. The summed E-state index contributed by atoms with van der Waals surface area (Å²) in [5, 5.41) is 2.70. The standard InChI is InChI=1S/C35H39N3O5S/c1-5-43-33-14-10-9-13-31(33)38(44(41,42)30-21-17-27(3)18-22-30)25-34(39)37(24-29-19-15-26(2)16-20-29)32(35(40)36-4)23-28-11-7-6-8-12-28/h6-22,32H,5,23-25H2,1-4H3,(H,36,40). The van der Waals surface area contributed by atoms with Crippen molar-refractivity contribution < 1.29 is 22.7 Å². The number of likely N-dealkylation sites (N-methyl/N-ethyl adjacent to an activating group) is 1. The van der Waals surface area contributed by atoms with Gasteiger partial charge in [-0.05, 0) is 56.2 Å². The van der Waals surface area contributed by atoms with E-state index in [1.165, 1.54) is 24.1 Å². The van der Waals surface area contributed by atoms with Crippen molar-refractivity contribution in [1.29, 1.82) is 0 Å². The van der Waals surface area contributed by atoms with Crippen LogP contribution in [0.2, 0.25) is 0 Å². The predicted molar refractivity (Wildman–Crippen MR) is 173 cm³/mol. The highest BCUT2D eigenvalue weighted by molar-refractivity contribution is 7.92. The van der Waals surface area contributed by atoms with Crippen molar-refractivity contribution in [2.75, 3.05) is 24.5 Å². The van der Waals surface area contributed by atoms with E-state index in [0.717, 1.165) is 26.6 Å². The Bertz CT molecular complexity index is 1660. The molecule has 0 aliphatic rings. The maximum Gasteiger partial charge on any atom is 0.264 e. The van der Waals surface area contributed by atoms with Crippen LogP contribution in [0.15, 0.2) is 108 Å². The lowest BCUT2D eigenvalue weighted by Crippen LogP contribution is -2.53. The molecule has 230 valence electrons. The zero-order chi connectivity index (χ0) is 31.7. The minimum absolute atomic E-state index is 0.0411. The first-order valence-electron chi connectivity index (χ1n) is 14.6. The second-order valence-corrected chi connectivity index (χ2v) is 12.4. The molecule has 0 heterocycles. The smallest absolute Gasteiger partial charge is 0.264 e. The number of anilines is 1. The van der Waals surface area contributed by atoms with Crippen LogP contribution in [0.25, 0.3) is 0 Å². The fourth-order valence-electron chi connectivity index (χ4n) is 4.90. The third-order valence-electron chi connectivity index (χ3n) is 7.31. The molecule has 4 rings (SSSR count). The number of nitrogens with one attached hydrogen (secondary N) is 1. The van der Waals surface area contributed by atoms with Crippen LogP contribution in [0.3, 0.4) is 0 Å². The van der Waals surface area contributed by atoms with Gasteiger partial charge in [0.05, 0.1) is 17.2 Å². The number of nitrogens with zero attached hydrogens (tertiary/aromatic N) is 2. The molecule has 1 unspecified atom stereocenters. The third kappa shape index (κ3) is 7.85. The molecule has 0 saturated heterocycles. The summed E-state index contributed by atoms with van der Waals surface area (Å²) >= 11 is 0. The van der Waals surface area contributed by atoms with Gasteiger partial charge in [-0.2, -0.15) is 0 Å². The molecular formula is C35H39N3O5S. The van der Waals surface area contributed by atoms with Crippen LogP contribution in [-0.2, 0) is 32.6 Å². The number of rotatable bonds is 13. The predicted octanol–water partition coefficient (Wildman–Crippen LogP) is 5.28. The normalized spacial score (nSPS) is 11.8. The van der Waals surface area contributed by atoms with E-state index in [4.69, 9.17) is 4.74 Å². The fourth-order valence-corrected chi connectivity index (χ4v) is 6.33. The second-order valence-electron chi connectivity index (χ2n) is 10.6. The van der Waals surface area contributed by atoms with Gasteiger partial charge in [0.15, 0.2) is 0 Å². The van der Waals surface area contributed by atoms with Gasteiger partial charge in [0.25, 0.3) is 10.0 Å². The van der Waals surface area contributed by atoms with Crippen LogP contribution in [0.4, 0.5) is 5.69 Å². The Morgan fingerprint density at radius 1 is 0.795 bits per heavy atom. The Labute approximate surface area is 260 Å². The number of carbonyl (C=O) groups is 2. The molecule has 0 fully saturated rings. The summed E-state index contributed by atoms with van der Waals surface area (Å²) in [5.74, 6) is -0.551. The van der Waals surface area contributed by atoms with Gasteiger partial charge in [-0.15, -0.1) is 0 Å². The van der Waals surface area contributed by atoms with E-state index in [1.807, 2.05) is 75.4 Å². The average molecular weight is 614 g/mol. The number of para-hydroxylation sites is 2. The number of hydrogen-bond donors (Lipinski definition) is 1. The molecular weight excluding hydrogens is 574 g/mol. The fraction of sp³-hybridized carbons (Fsp3) is 0.257. The molecule has 1 N–H and O–H groups in total. The Morgan fingerprint density at radius 3 is 2.00 bits per heavy atom. The lowest BCUT2D eigenvalue weighted by atomic mass is 10.0. The van der Waals surface area contributed by atoms with Crippen LogP contribution in [0, 0.1) is 13.8 Å². The van der Waals surface area contributed by atoms with E-state index in [-0.39, 0.29) is 29.5 Å². The highest BCUT2D eigenvalue weighted by atomic mass is 32.2. The molecule has 0 aromatic heterocycles. The van der Waals surface area contributed by atoms with Crippen molar-refractivity contribution in [3.8, 4) is 5.75 Å². The number of hydrogen-bond acceptors (Lipinski definition) is 5. The maximum atomic E-state index is 14.5. The third-order valence-corrected chi connectivity index (χ3v) is 9.09. The summed E-state index contributed by atoms with van der Waals surface area (Å²) in [5.41, 5.74) is 3.88. The maximum absolute atomic E-state index is 14.5. The topological polar surface area (TPSA) is 96.0 Å². The molecule has 0 spiro atoms. The van der Waals surface area contributed by atoms with Crippen molar-refractivity contribution in [1.82, 2.24) is 10.2 Å². The van der Waals surface area contributed by atoms with Crippen molar-refractivity contribution in [2.24, 2.45) is 0 Å². The van der Waals surface area contributed by atoms with Gasteiger partial charge < -0.3 is 15.0 Å². The van der Waals surface area contributed by atoms with Gasteiger partial charge in [-0.3, -0.25) is 13.9 Å². The van der Waals surface area contributed by atoms with Gasteiger partial charge in [0.1, 0.15) is 18.3 Å². The Hall–Kier alpha value is -4.63. The molecule has 0 saturated carbocycles. The first kappa shape index (κ1) is 32.3. The molecule has 0 radical (unpaired) electrons. The number of carbonyl (C=O) groups excluding carboxylic acids is 2. The lowest BCUT2D eigenvalue weighted by molar-refractivity contribution is -0.139. The van der Waals surface area contributed by atoms with E-state index < -0.39 is 28.5 Å². The number of benzene rings is 4. The van der Waals surface area contributed by atoms with Gasteiger partial charge >= 0.3 is 0 Å². The molecule has 0 bridgehead atoms. The van der Waals surface area contributed by atoms with Crippen molar-refractivity contribution >= 4 is 27.5 Å². The van der Waals surface area contributed by atoms with Crippen LogP contribution < -0.4 is 14.4 Å².